The van der Waals surface area contributed by atoms with E-state index in [0.717, 1.165) is 9.75 Å². The quantitative estimate of drug-likeness (QED) is 0.926. The zero-order valence-corrected chi connectivity index (χ0v) is 10.9. The fourth-order valence-corrected chi connectivity index (χ4v) is 2.63. The molecule has 0 aliphatic carbocycles. The highest BCUT2D eigenvalue weighted by Crippen LogP contribution is 2.34. The van der Waals surface area contributed by atoms with E-state index < -0.39 is 12.4 Å². The summed E-state index contributed by atoms with van der Waals surface area (Å²) in [7, 11) is 0. The molecular formula is C13H12F3NOS. The van der Waals surface area contributed by atoms with Gasteiger partial charge < -0.3 is 10.5 Å². The second-order valence-corrected chi connectivity index (χ2v) is 5.33. The average Bonchev–Trinajstić information content (AvgIpc) is 2.74. The Morgan fingerprint density at radius 2 is 1.84 bits per heavy atom. The van der Waals surface area contributed by atoms with Gasteiger partial charge >= 0.3 is 6.36 Å². The van der Waals surface area contributed by atoms with Gasteiger partial charge in [0, 0.05) is 15.3 Å². The number of hydrogen-bond acceptors (Lipinski definition) is 3. The molecule has 2 aromatic rings. The van der Waals surface area contributed by atoms with E-state index in [1.54, 1.807) is 12.1 Å². The zero-order valence-electron chi connectivity index (χ0n) is 10.1. The monoisotopic (exact) mass is 287 g/mol. The molecule has 102 valence electrons. The molecule has 6 heteroatoms. The van der Waals surface area contributed by atoms with Crippen LogP contribution in [0.3, 0.4) is 0 Å². The summed E-state index contributed by atoms with van der Waals surface area (Å²) in [5.74, 6) is -0.256. The van der Waals surface area contributed by atoms with Crippen LogP contribution in [-0.2, 0) is 0 Å². The molecule has 0 fully saturated rings. The molecule has 0 aliphatic rings. The van der Waals surface area contributed by atoms with Crippen molar-refractivity contribution >= 4 is 11.3 Å². The molecule has 2 nitrogen and oxygen atoms in total. The van der Waals surface area contributed by atoms with Gasteiger partial charge in [0.1, 0.15) is 5.75 Å². The predicted octanol–water partition coefficient (Wildman–Crippen LogP) is 4.00. The van der Waals surface area contributed by atoms with Crippen molar-refractivity contribution in [2.45, 2.75) is 19.3 Å². The fraction of sp³-hybridized carbons (Fsp3) is 0.231. The normalized spacial score (nSPS) is 13.3. The van der Waals surface area contributed by atoms with Crippen LogP contribution in [0, 0.1) is 6.92 Å². The molecule has 1 aromatic carbocycles. The van der Waals surface area contributed by atoms with Crippen LogP contribution in [0.2, 0.25) is 0 Å². The van der Waals surface area contributed by atoms with Crippen LogP contribution in [0.25, 0.3) is 0 Å². The number of rotatable bonds is 3. The van der Waals surface area contributed by atoms with Gasteiger partial charge in [-0.3, -0.25) is 0 Å². The minimum Gasteiger partial charge on any atom is -0.405 e. The zero-order chi connectivity index (χ0) is 14.0. The van der Waals surface area contributed by atoms with Crippen LogP contribution in [0.5, 0.6) is 5.75 Å². The largest absolute Gasteiger partial charge is 0.573 e. The third-order valence-electron chi connectivity index (χ3n) is 2.55. The number of aryl methyl sites for hydroxylation is 1. The number of para-hydroxylation sites is 1. The maximum atomic E-state index is 12.3. The lowest BCUT2D eigenvalue weighted by Gasteiger charge is -2.17. The first-order valence-electron chi connectivity index (χ1n) is 5.53. The lowest BCUT2D eigenvalue weighted by molar-refractivity contribution is -0.274. The molecule has 0 bridgehead atoms. The van der Waals surface area contributed by atoms with Crippen LogP contribution < -0.4 is 10.5 Å². The summed E-state index contributed by atoms with van der Waals surface area (Å²) in [5.41, 5.74) is 6.33. The Balaban J connectivity index is 2.34. The third-order valence-corrected chi connectivity index (χ3v) is 3.63. The molecule has 0 saturated heterocycles. The molecule has 1 unspecified atom stereocenters. The van der Waals surface area contributed by atoms with Crippen molar-refractivity contribution in [1.82, 2.24) is 0 Å². The summed E-state index contributed by atoms with van der Waals surface area (Å²) in [6.45, 7) is 1.92. The van der Waals surface area contributed by atoms with Crippen molar-refractivity contribution in [3.8, 4) is 5.75 Å². The van der Waals surface area contributed by atoms with E-state index >= 15 is 0 Å². The second kappa shape index (κ2) is 5.22. The van der Waals surface area contributed by atoms with E-state index in [1.165, 1.54) is 23.5 Å². The number of benzene rings is 1. The van der Waals surface area contributed by atoms with Crippen molar-refractivity contribution in [3.05, 3.63) is 51.7 Å². The first-order chi connectivity index (χ1) is 8.87. The molecule has 0 saturated carbocycles. The molecule has 19 heavy (non-hydrogen) atoms. The predicted molar refractivity (Wildman–Crippen MR) is 68.2 cm³/mol. The summed E-state index contributed by atoms with van der Waals surface area (Å²) >= 11 is 1.46. The Labute approximate surface area is 112 Å². The van der Waals surface area contributed by atoms with Crippen molar-refractivity contribution < 1.29 is 17.9 Å². The Kier molecular flexibility index (Phi) is 3.82. The number of nitrogens with two attached hydrogens (primary N) is 1. The van der Waals surface area contributed by atoms with E-state index in [0.29, 0.717) is 5.56 Å². The summed E-state index contributed by atoms with van der Waals surface area (Å²) < 4.78 is 41.0. The highest BCUT2D eigenvalue weighted by molar-refractivity contribution is 7.12. The highest BCUT2D eigenvalue weighted by Gasteiger charge is 2.32. The molecule has 0 aliphatic heterocycles. The van der Waals surface area contributed by atoms with Crippen molar-refractivity contribution in [3.63, 3.8) is 0 Å². The van der Waals surface area contributed by atoms with Crippen LogP contribution in [0.4, 0.5) is 13.2 Å². The number of thiophene rings is 1. The number of alkyl halides is 3. The van der Waals surface area contributed by atoms with Gasteiger partial charge in [-0.15, -0.1) is 24.5 Å². The first kappa shape index (κ1) is 13.9. The Hall–Kier alpha value is -1.53. The molecule has 1 aromatic heterocycles. The van der Waals surface area contributed by atoms with Gasteiger partial charge in [-0.05, 0) is 25.1 Å². The summed E-state index contributed by atoms with van der Waals surface area (Å²) in [6.07, 6.45) is -4.72. The van der Waals surface area contributed by atoms with Gasteiger partial charge in [-0.1, -0.05) is 18.2 Å². The fourth-order valence-electron chi connectivity index (χ4n) is 1.73. The summed E-state index contributed by atoms with van der Waals surface area (Å²) in [6, 6.07) is 9.00. The van der Waals surface area contributed by atoms with Crippen LogP contribution in [0.1, 0.15) is 21.4 Å². The molecule has 2 rings (SSSR count). The average molecular weight is 287 g/mol. The molecule has 0 spiro atoms. The van der Waals surface area contributed by atoms with Crippen LogP contribution in [-0.4, -0.2) is 6.36 Å². The van der Waals surface area contributed by atoms with Gasteiger partial charge in [0.25, 0.3) is 0 Å². The summed E-state index contributed by atoms with van der Waals surface area (Å²) in [4.78, 5) is 1.86. The van der Waals surface area contributed by atoms with Gasteiger partial charge in [0.2, 0.25) is 0 Å². The van der Waals surface area contributed by atoms with Gasteiger partial charge in [0.05, 0.1) is 6.04 Å². The lowest BCUT2D eigenvalue weighted by atomic mass is 10.1. The van der Waals surface area contributed by atoms with Gasteiger partial charge in [0.15, 0.2) is 0 Å². The van der Waals surface area contributed by atoms with Crippen LogP contribution in [0.15, 0.2) is 36.4 Å². The molecule has 0 radical (unpaired) electrons. The van der Waals surface area contributed by atoms with Crippen molar-refractivity contribution in [2.75, 3.05) is 0 Å². The topological polar surface area (TPSA) is 35.2 Å². The molecule has 1 atom stereocenters. The smallest absolute Gasteiger partial charge is 0.405 e. The maximum absolute atomic E-state index is 12.3. The van der Waals surface area contributed by atoms with Gasteiger partial charge in [-0.25, -0.2) is 0 Å². The number of halogens is 3. The number of ether oxygens (including phenoxy) is 1. The number of hydrogen-bond donors (Lipinski definition) is 1. The third kappa shape index (κ3) is 3.48. The van der Waals surface area contributed by atoms with Crippen LogP contribution >= 0.6 is 11.3 Å². The van der Waals surface area contributed by atoms with Crippen molar-refractivity contribution in [2.24, 2.45) is 5.73 Å². The van der Waals surface area contributed by atoms with E-state index in [1.807, 2.05) is 19.1 Å². The Morgan fingerprint density at radius 1 is 1.16 bits per heavy atom. The minimum atomic E-state index is -4.72. The van der Waals surface area contributed by atoms with E-state index in [4.69, 9.17) is 5.73 Å². The molecule has 2 N–H and O–H groups in total. The first-order valence-corrected chi connectivity index (χ1v) is 6.35. The summed E-state index contributed by atoms with van der Waals surface area (Å²) in [5, 5.41) is 0. The second-order valence-electron chi connectivity index (χ2n) is 4.01. The SMILES string of the molecule is Cc1ccc(C(N)c2ccccc2OC(F)(F)F)s1. The van der Waals surface area contributed by atoms with E-state index in [2.05, 4.69) is 4.74 Å². The molecular weight excluding hydrogens is 275 g/mol. The minimum absolute atomic E-state index is 0.256. The molecule has 0 amide bonds. The Bertz CT molecular complexity index is 565. The van der Waals surface area contributed by atoms with E-state index in [-0.39, 0.29) is 5.75 Å². The van der Waals surface area contributed by atoms with Gasteiger partial charge in [-0.2, -0.15) is 0 Å². The standard InChI is InChI=1S/C13H12F3NOS/c1-8-6-7-11(19-8)12(17)9-4-2-3-5-10(9)18-13(14,15)16/h2-7,12H,17H2,1H3. The lowest BCUT2D eigenvalue weighted by Crippen LogP contribution is -2.20. The Morgan fingerprint density at radius 3 is 2.42 bits per heavy atom. The highest BCUT2D eigenvalue weighted by atomic mass is 32.1. The molecule has 1 heterocycles. The maximum Gasteiger partial charge on any atom is 0.573 e. The van der Waals surface area contributed by atoms with Crippen molar-refractivity contribution in [1.29, 1.82) is 0 Å². The van der Waals surface area contributed by atoms with E-state index in [9.17, 15) is 13.2 Å².